The van der Waals surface area contributed by atoms with Crippen molar-refractivity contribution in [2.75, 3.05) is 47.5 Å². The third-order valence-electron chi connectivity index (χ3n) is 10.4. The van der Waals surface area contributed by atoms with Gasteiger partial charge in [0.1, 0.15) is 0 Å². The van der Waals surface area contributed by atoms with Crippen LogP contribution in [0, 0.1) is 5.41 Å². The summed E-state index contributed by atoms with van der Waals surface area (Å²) in [6.07, 6.45) is 6.38. The van der Waals surface area contributed by atoms with Gasteiger partial charge in [0.25, 0.3) is 5.91 Å². The molecule has 3 heterocycles. The maximum atomic E-state index is 14.6. The van der Waals surface area contributed by atoms with Crippen molar-refractivity contribution in [3.05, 3.63) is 59.2 Å². The number of rotatable bonds is 7. The number of benzene rings is 2. The Hall–Kier alpha value is -3.25. The molecule has 0 bridgehead atoms. The van der Waals surface area contributed by atoms with Crippen LogP contribution in [0.4, 0.5) is 0 Å². The quantitative estimate of drug-likeness (QED) is 0.416. The Bertz CT molecular complexity index is 1760. The average Bonchev–Trinajstić information content (AvgIpc) is 3.71. The molecule has 4 aliphatic rings. The molecule has 2 saturated carbocycles. The predicted octanol–water partition coefficient (Wildman–Crippen LogP) is 4.25. The van der Waals surface area contributed by atoms with Gasteiger partial charge in [-0.3, -0.25) is 9.59 Å². The predicted molar refractivity (Wildman–Crippen MR) is 171 cm³/mol. The van der Waals surface area contributed by atoms with Crippen LogP contribution < -0.4 is 4.72 Å². The van der Waals surface area contributed by atoms with Crippen molar-refractivity contribution < 1.29 is 27.5 Å². The number of morpholine rings is 1. The van der Waals surface area contributed by atoms with Crippen LogP contribution in [-0.4, -0.2) is 87.6 Å². The van der Waals surface area contributed by atoms with Gasteiger partial charge in [0, 0.05) is 68.8 Å². The van der Waals surface area contributed by atoms with E-state index in [2.05, 4.69) is 33.6 Å². The second-order valence-electron chi connectivity index (χ2n) is 13.3. The maximum absolute atomic E-state index is 14.6. The number of hydrogen-bond acceptors (Lipinski definition) is 6. The van der Waals surface area contributed by atoms with Crippen LogP contribution in [0.5, 0.6) is 0 Å². The number of carbonyl (C=O) groups is 2. The molecule has 1 saturated heterocycles. The highest BCUT2D eigenvalue weighted by Crippen LogP contribution is 2.65. The standard InChI is InChI=1S/C34H42N4O6S/c1-36(2)45(41,42)35-32(39)23-13-14-27-29(17-23)38-21-34(33(40)37-15-16-44-24(19-37)20-43-3)18-28(34)25-11-7-8-12-26(25)31(38)30(27)22-9-5-4-6-10-22/h7-8,11-14,17,22,24,28H,4-6,9-10,15-16,18-21H2,1-3H3,(H,35,39)/t24-,28?,34?/m1/s1. The minimum Gasteiger partial charge on any atom is -0.382 e. The van der Waals surface area contributed by atoms with E-state index in [0.717, 1.165) is 45.7 Å². The van der Waals surface area contributed by atoms with Gasteiger partial charge in [0.15, 0.2) is 0 Å². The molecule has 2 aliphatic heterocycles. The number of ether oxygens (including phenoxy) is 2. The zero-order valence-corrected chi connectivity index (χ0v) is 27.1. The van der Waals surface area contributed by atoms with E-state index in [0.29, 0.717) is 38.8 Å². The number of nitrogens with zero attached hydrogens (tertiary/aromatic N) is 3. The fourth-order valence-electron chi connectivity index (χ4n) is 8.04. The second kappa shape index (κ2) is 11.5. The molecule has 2 aliphatic carbocycles. The first-order valence-corrected chi connectivity index (χ1v) is 17.5. The van der Waals surface area contributed by atoms with E-state index in [1.807, 2.05) is 17.0 Å². The smallest absolute Gasteiger partial charge is 0.303 e. The normalized spacial score (nSPS) is 24.9. The lowest BCUT2D eigenvalue weighted by molar-refractivity contribution is -0.147. The third-order valence-corrected chi connectivity index (χ3v) is 11.8. The fraction of sp³-hybridized carbons (Fsp3) is 0.529. The van der Waals surface area contributed by atoms with Crippen molar-refractivity contribution >= 4 is 32.9 Å². The van der Waals surface area contributed by atoms with Gasteiger partial charge < -0.3 is 18.9 Å². The number of aromatic nitrogens is 1. The zero-order chi connectivity index (χ0) is 31.5. The van der Waals surface area contributed by atoms with Crippen molar-refractivity contribution in [2.24, 2.45) is 5.41 Å². The molecule has 10 nitrogen and oxygen atoms in total. The number of carbonyl (C=O) groups excluding carboxylic acids is 2. The first kappa shape index (κ1) is 30.4. The minimum atomic E-state index is -3.96. The first-order valence-electron chi connectivity index (χ1n) is 16.0. The van der Waals surface area contributed by atoms with E-state index >= 15 is 0 Å². The Balaban J connectivity index is 1.38. The van der Waals surface area contributed by atoms with Gasteiger partial charge in [0.05, 0.1) is 30.4 Å². The monoisotopic (exact) mass is 634 g/mol. The van der Waals surface area contributed by atoms with Crippen LogP contribution in [0.15, 0.2) is 42.5 Å². The lowest BCUT2D eigenvalue weighted by Crippen LogP contribution is -2.50. The molecule has 1 aromatic heterocycles. The lowest BCUT2D eigenvalue weighted by atomic mass is 9.81. The molecule has 3 fully saturated rings. The van der Waals surface area contributed by atoms with Crippen LogP contribution in [0.3, 0.4) is 0 Å². The Morgan fingerprint density at radius 3 is 2.64 bits per heavy atom. The van der Waals surface area contributed by atoms with Crippen molar-refractivity contribution in [1.29, 1.82) is 0 Å². The highest BCUT2D eigenvalue weighted by atomic mass is 32.2. The van der Waals surface area contributed by atoms with E-state index in [1.165, 1.54) is 44.5 Å². The number of methoxy groups -OCH3 is 1. The Morgan fingerprint density at radius 2 is 1.89 bits per heavy atom. The van der Waals surface area contributed by atoms with E-state index in [4.69, 9.17) is 9.47 Å². The van der Waals surface area contributed by atoms with E-state index in [-0.39, 0.29) is 23.5 Å². The van der Waals surface area contributed by atoms with Crippen molar-refractivity contribution in [3.8, 4) is 11.3 Å². The first-order chi connectivity index (χ1) is 21.6. The highest BCUT2D eigenvalue weighted by molar-refractivity contribution is 7.87. The number of amides is 2. The third kappa shape index (κ3) is 5.17. The zero-order valence-electron chi connectivity index (χ0n) is 26.3. The summed E-state index contributed by atoms with van der Waals surface area (Å²) in [5.74, 6) is -0.0705. The summed E-state index contributed by atoms with van der Waals surface area (Å²) in [5.41, 5.74) is 5.33. The summed E-state index contributed by atoms with van der Waals surface area (Å²) >= 11 is 0. The summed E-state index contributed by atoms with van der Waals surface area (Å²) in [6, 6.07) is 14.0. The molecule has 2 aromatic carbocycles. The number of nitrogens with one attached hydrogen (secondary N) is 1. The van der Waals surface area contributed by atoms with Crippen LogP contribution in [-0.2, 0) is 31.0 Å². The molecule has 45 heavy (non-hydrogen) atoms. The maximum Gasteiger partial charge on any atom is 0.303 e. The second-order valence-corrected chi connectivity index (χ2v) is 15.2. The van der Waals surface area contributed by atoms with Gasteiger partial charge in [-0.1, -0.05) is 49.6 Å². The molecule has 3 atom stereocenters. The summed E-state index contributed by atoms with van der Waals surface area (Å²) in [5, 5.41) is 1.08. The molecule has 2 amide bonds. The lowest BCUT2D eigenvalue weighted by Gasteiger charge is -2.35. The van der Waals surface area contributed by atoms with Crippen LogP contribution in [0.1, 0.15) is 71.8 Å². The van der Waals surface area contributed by atoms with Gasteiger partial charge in [0.2, 0.25) is 5.91 Å². The van der Waals surface area contributed by atoms with Gasteiger partial charge in [-0.15, -0.1) is 0 Å². The van der Waals surface area contributed by atoms with Crippen molar-refractivity contribution in [1.82, 2.24) is 18.5 Å². The molecular formula is C34H42N4O6S. The minimum absolute atomic E-state index is 0.0933. The molecule has 7 rings (SSSR count). The summed E-state index contributed by atoms with van der Waals surface area (Å²) in [7, 11) is 0.453. The Morgan fingerprint density at radius 1 is 1.11 bits per heavy atom. The summed E-state index contributed by atoms with van der Waals surface area (Å²) < 4.78 is 41.7. The molecule has 11 heteroatoms. The summed E-state index contributed by atoms with van der Waals surface area (Å²) in [4.78, 5) is 29.8. The Kier molecular flexibility index (Phi) is 7.79. The molecule has 3 aromatic rings. The average molecular weight is 635 g/mol. The van der Waals surface area contributed by atoms with Gasteiger partial charge in [-0.05, 0) is 48.4 Å². The van der Waals surface area contributed by atoms with Crippen molar-refractivity contribution in [3.63, 3.8) is 0 Å². The molecule has 1 N–H and O–H groups in total. The molecule has 0 spiro atoms. The topological polar surface area (TPSA) is 110 Å². The SMILES string of the molecule is COC[C@H]1CN(C(=O)C23CC2c2ccccc2-c2c(C4CCCCC4)c4ccc(C(=O)NS(=O)(=O)N(C)C)cc4n2C3)CCO1. The molecule has 2 unspecified atom stereocenters. The van der Waals surface area contributed by atoms with Crippen LogP contribution >= 0.6 is 0 Å². The number of fused-ring (bicyclic) bond motifs is 7. The van der Waals surface area contributed by atoms with Gasteiger partial charge in [-0.25, -0.2) is 4.72 Å². The fourth-order valence-corrected chi connectivity index (χ4v) is 8.57. The van der Waals surface area contributed by atoms with Crippen LogP contribution in [0.2, 0.25) is 0 Å². The molecule has 0 radical (unpaired) electrons. The molecule has 240 valence electrons. The Labute approximate surface area is 264 Å². The van der Waals surface area contributed by atoms with Crippen LogP contribution in [0.25, 0.3) is 22.2 Å². The largest absolute Gasteiger partial charge is 0.382 e. The van der Waals surface area contributed by atoms with Gasteiger partial charge >= 0.3 is 10.2 Å². The van der Waals surface area contributed by atoms with Gasteiger partial charge in [-0.2, -0.15) is 12.7 Å². The van der Waals surface area contributed by atoms with E-state index in [9.17, 15) is 18.0 Å². The highest BCUT2D eigenvalue weighted by Gasteiger charge is 2.64. The molecular weight excluding hydrogens is 592 g/mol. The van der Waals surface area contributed by atoms with E-state index in [1.54, 1.807) is 13.2 Å². The van der Waals surface area contributed by atoms with Crippen molar-refractivity contribution in [2.45, 2.75) is 63.0 Å². The number of hydrogen-bond donors (Lipinski definition) is 1. The van der Waals surface area contributed by atoms with E-state index < -0.39 is 21.5 Å². The summed E-state index contributed by atoms with van der Waals surface area (Å²) in [6.45, 7) is 2.47.